The maximum atomic E-state index is 6.28. The predicted molar refractivity (Wildman–Crippen MR) is 58.2 cm³/mol. The van der Waals surface area contributed by atoms with Crippen LogP contribution >= 0.6 is 22.2 Å². The molecule has 4 heteroatoms. The quantitative estimate of drug-likeness (QED) is 0.415. The Balaban J connectivity index is 2.05. The summed E-state index contributed by atoms with van der Waals surface area (Å²) >= 11 is 12.6. The van der Waals surface area contributed by atoms with E-state index in [-0.39, 0.29) is 0 Å². The van der Waals surface area contributed by atoms with Crippen molar-refractivity contribution in [3.63, 3.8) is 0 Å². The SMILES string of the molecule is CCO[Si](Cl)(Cl)C1CC2C=CC1C2. The topological polar surface area (TPSA) is 9.23 Å². The highest BCUT2D eigenvalue weighted by Crippen LogP contribution is 2.54. The molecule has 0 saturated heterocycles. The van der Waals surface area contributed by atoms with E-state index in [2.05, 4.69) is 12.2 Å². The number of rotatable bonds is 3. The van der Waals surface area contributed by atoms with Crippen LogP contribution in [0.2, 0.25) is 5.54 Å². The van der Waals surface area contributed by atoms with Gasteiger partial charge in [-0.1, -0.05) is 12.2 Å². The fourth-order valence-corrected chi connectivity index (χ4v) is 6.55. The number of hydrogen-bond acceptors (Lipinski definition) is 1. The van der Waals surface area contributed by atoms with Crippen LogP contribution in [0.5, 0.6) is 0 Å². The zero-order valence-electron chi connectivity index (χ0n) is 7.67. The molecular weight excluding hydrogens is 223 g/mol. The van der Waals surface area contributed by atoms with Gasteiger partial charge in [0, 0.05) is 12.1 Å². The van der Waals surface area contributed by atoms with Gasteiger partial charge in [-0.05, 0) is 31.6 Å². The molecule has 0 aromatic rings. The molecule has 0 aliphatic heterocycles. The Bertz CT molecular complexity index is 230. The number of fused-ring (bicyclic) bond motifs is 2. The fraction of sp³-hybridized carbons (Fsp3) is 0.778. The third-order valence-corrected chi connectivity index (χ3v) is 7.58. The van der Waals surface area contributed by atoms with Gasteiger partial charge in [0.2, 0.25) is 0 Å². The first-order chi connectivity index (χ1) is 6.13. The van der Waals surface area contributed by atoms with Gasteiger partial charge in [-0.25, -0.2) is 0 Å². The fourth-order valence-electron chi connectivity index (χ4n) is 2.47. The maximum absolute atomic E-state index is 6.28. The maximum Gasteiger partial charge on any atom is 0.393 e. The lowest BCUT2D eigenvalue weighted by molar-refractivity contribution is 0.334. The Kier molecular flexibility index (Phi) is 2.76. The smallest absolute Gasteiger partial charge is 0.392 e. The Hall–Kier alpha value is 0.497. The molecule has 74 valence electrons. The molecule has 0 aromatic carbocycles. The van der Waals surface area contributed by atoms with E-state index >= 15 is 0 Å². The number of allylic oxidation sites excluding steroid dienone is 2. The van der Waals surface area contributed by atoms with Crippen LogP contribution < -0.4 is 0 Å². The highest BCUT2D eigenvalue weighted by Gasteiger charge is 2.50. The molecule has 2 bridgehead atoms. The van der Waals surface area contributed by atoms with Crippen LogP contribution in [0.1, 0.15) is 19.8 Å². The summed E-state index contributed by atoms with van der Waals surface area (Å²) in [6.45, 7) is 0.159. The van der Waals surface area contributed by atoms with Crippen molar-refractivity contribution in [2.75, 3.05) is 6.61 Å². The highest BCUT2D eigenvalue weighted by molar-refractivity contribution is 7.43. The zero-order valence-corrected chi connectivity index (χ0v) is 10.2. The van der Waals surface area contributed by atoms with E-state index in [9.17, 15) is 0 Å². The van der Waals surface area contributed by atoms with E-state index in [0.717, 1.165) is 12.3 Å². The molecule has 0 N–H and O–H groups in total. The summed E-state index contributed by atoms with van der Waals surface area (Å²) in [4.78, 5) is 0. The van der Waals surface area contributed by atoms with Gasteiger partial charge in [0.25, 0.3) is 0 Å². The van der Waals surface area contributed by atoms with Gasteiger partial charge in [0.15, 0.2) is 0 Å². The molecule has 2 rings (SSSR count). The van der Waals surface area contributed by atoms with Gasteiger partial charge in [-0.3, -0.25) is 0 Å². The van der Waals surface area contributed by atoms with Crippen LogP contribution in [0.25, 0.3) is 0 Å². The van der Waals surface area contributed by atoms with Crippen LogP contribution in [0.15, 0.2) is 12.2 Å². The second-order valence-electron chi connectivity index (χ2n) is 3.88. The Labute approximate surface area is 89.6 Å². The first-order valence-corrected chi connectivity index (χ1v) is 8.84. The van der Waals surface area contributed by atoms with Gasteiger partial charge >= 0.3 is 6.94 Å². The zero-order chi connectivity index (χ0) is 9.47. The molecule has 0 heterocycles. The van der Waals surface area contributed by atoms with Crippen molar-refractivity contribution >= 4 is 29.1 Å². The van der Waals surface area contributed by atoms with Crippen molar-refractivity contribution in [2.24, 2.45) is 11.8 Å². The van der Waals surface area contributed by atoms with Crippen LogP contribution in [-0.2, 0) is 4.43 Å². The van der Waals surface area contributed by atoms with Gasteiger partial charge in [0.05, 0.1) is 0 Å². The van der Waals surface area contributed by atoms with Crippen molar-refractivity contribution in [3.05, 3.63) is 12.2 Å². The van der Waals surface area contributed by atoms with Gasteiger partial charge in [-0.2, -0.15) is 0 Å². The third kappa shape index (κ3) is 1.82. The molecule has 2 aliphatic carbocycles. The summed E-state index contributed by atoms with van der Waals surface area (Å²) in [7, 11) is 0. The van der Waals surface area contributed by atoms with Crippen molar-refractivity contribution in [1.29, 1.82) is 0 Å². The van der Waals surface area contributed by atoms with Gasteiger partial charge in [-0.15, -0.1) is 22.2 Å². The summed E-state index contributed by atoms with van der Waals surface area (Å²) in [6, 6.07) is 0. The number of halogens is 2. The summed E-state index contributed by atoms with van der Waals surface area (Å²) < 4.78 is 5.50. The lowest BCUT2D eigenvalue weighted by Crippen LogP contribution is -2.33. The van der Waals surface area contributed by atoms with Crippen LogP contribution in [0.3, 0.4) is 0 Å². The molecule has 2 aliphatic rings. The predicted octanol–water partition coefficient (Wildman–Crippen LogP) is 3.41. The normalized spacial score (nSPS) is 37.3. The van der Waals surface area contributed by atoms with E-state index in [1.165, 1.54) is 6.42 Å². The summed E-state index contributed by atoms with van der Waals surface area (Å²) in [5, 5.41) is 0. The van der Waals surface area contributed by atoms with Crippen molar-refractivity contribution in [2.45, 2.75) is 25.3 Å². The van der Waals surface area contributed by atoms with Gasteiger partial charge in [0.1, 0.15) is 0 Å². The summed E-state index contributed by atoms with van der Waals surface area (Å²) in [5.74, 6) is 1.32. The average Bonchev–Trinajstić information content (AvgIpc) is 2.63. The van der Waals surface area contributed by atoms with E-state index in [0.29, 0.717) is 18.1 Å². The molecule has 1 fully saturated rings. The van der Waals surface area contributed by atoms with Crippen molar-refractivity contribution in [1.82, 2.24) is 0 Å². The molecule has 0 radical (unpaired) electrons. The molecule has 0 spiro atoms. The Morgan fingerprint density at radius 1 is 1.38 bits per heavy atom. The molecule has 1 nitrogen and oxygen atoms in total. The van der Waals surface area contributed by atoms with E-state index in [4.69, 9.17) is 26.6 Å². The third-order valence-electron chi connectivity index (χ3n) is 3.05. The standard InChI is InChI=1S/C9H14Cl2OSi/c1-2-12-13(10,11)9-6-7-3-4-8(9)5-7/h3-4,7-9H,2,5-6H2,1H3. The second kappa shape index (κ2) is 3.57. The number of hydrogen-bond donors (Lipinski definition) is 0. The molecule has 0 amide bonds. The first kappa shape index (κ1) is 10.0. The Morgan fingerprint density at radius 3 is 2.62 bits per heavy atom. The lowest BCUT2D eigenvalue weighted by Gasteiger charge is -2.27. The molecule has 0 aromatic heterocycles. The minimum atomic E-state index is -2.43. The monoisotopic (exact) mass is 236 g/mol. The lowest BCUT2D eigenvalue weighted by atomic mass is 10.1. The van der Waals surface area contributed by atoms with Gasteiger partial charge < -0.3 is 4.43 Å². The van der Waals surface area contributed by atoms with Crippen molar-refractivity contribution in [3.8, 4) is 0 Å². The molecule has 13 heavy (non-hydrogen) atoms. The molecule has 3 unspecified atom stereocenters. The first-order valence-electron chi connectivity index (χ1n) is 4.83. The second-order valence-corrected chi connectivity index (χ2v) is 9.98. The summed E-state index contributed by atoms with van der Waals surface area (Å²) in [5.41, 5.74) is 0.422. The average molecular weight is 237 g/mol. The Morgan fingerprint density at radius 2 is 2.15 bits per heavy atom. The largest absolute Gasteiger partial charge is 0.393 e. The minimum absolute atomic E-state index is 0.422. The van der Waals surface area contributed by atoms with E-state index in [1.54, 1.807) is 0 Å². The molecule has 1 saturated carbocycles. The molecular formula is C9H14Cl2OSi. The van der Waals surface area contributed by atoms with Crippen molar-refractivity contribution < 1.29 is 4.43 Å². The van der Waals surface area contributed by atoms with Crippen LogP contribution in [0.4, 0.5) is 0 Å². The van der Waals surface area contributed by atoms with E-state index < -0.39 is 6.94 Å². The van der Waals surface area contributed by atoms with Crippen LogP contribution in [-0.4, -0.2) is 13.5 Å². The van der Waals surface area contributed by atoms with Crippen LogP contribution in [0, 0.1) is 11.8 Å². The highest BCUT2D eigenvalue weighted by atomic mass is 35.7. The van der Waals surface area contributed by atoms with E-state index in [1.807, 2.05) is 6.92 Å². The summed E-state index contributed by atoms with van der Waals surface area (Å²) in [6.07, 6.45) is 6.95. The molecule has 3 atom stereocenters. The minimum Gasteiger partial charge on any atom is -0.392 e.